The molecule has 2 aromatic rings. The zero-order valence-electron chi connectivity index (χ0n) is 11.3. The van der Waals surface area contributed by atoms with E-state index >= 15 is 0 Å². The van der Waals surface area contributed by atoms with Gasteiger partial charge in [-0.3, -0.25) is 4.79 Å². The third-order valence-electron chi connectivity index (χ3n) is 3.40. The zero-order chi connectivity index (χ0) is 15.0. The van der Waals surface area contributed by atoms with E-state index in [-0.39, 0.29) is 17.3 Å². The van der Waals surface area contributed by atoms with E-state index in [4.69, 9.17) is 0 Å². The van der Waals surface area contributed by atoms with E-state index < -0.39 is 10.0 Å². The first-order chi connectivity index (χ1) is 10.0. The Morgan fingerprint density at radius 2 is 2.33 bits per heavy atom. The van der Waals surface area contributed by atoms with Gasteiger partial charge in [-0.1, -0.05) is 0 Å². The Morgan fingerprint density at radius 1 is 1.52 bits per heavy atom. The number of H-pyrrole nitrogens is 1. The summed E-state index contributed by atoms with van der Waals surface area (Å²) in [5.74, 6) is -0.282. The predicted octanol–water partition coefficient (Wildman–Crippen LogP) is 0.578. The molecule has 1 aliphatic rings. The first-order valence-electron chi connectivity index (χ1n) is 6.34. The monoisotopic (exact) mass is 326 g/mol. The van der Waals surface area contributed by atoms with Crippen LogP contribution in [0.5, 0.6) is 0 Å². The van der Waals surface area contributed by atoms with Gasteiger partial charge in [0.1, 0.15) is 0 Å². The van der Waals surface area contributed by atoms with Crippen LogP contribution in [0.25, 0.3) is 0 Å². The molecule has 0 fully saturated rings. The summed E-state index contributed by atoms with van der Waals surface area (Å²) >= 11 is 1.12. The second kappa shape index (κ2) is 5.24. The van der Waals surface area contributed by atoms with E-state index in [1.807, 2.05) is 0 Å². The Balaban J connectivity index is 1.88. The van der Waals surface area contributed by atoms with E-state index in [0.717, 1.165) is 22.7 Å². The molecule has 0 saturated heterocycles. The van der Waals surface area contributed by atoms with Gasteiger partial charge in [0.25, 0.3) is 5.91 Å². The van der Waals surface area contributed by atoms with Gasteiger partial charge in [-0.2, -0.15) is 4.31 Å². The summed E-state index contributed by atoms with van der Waals surface area (Å²) < 4.78 is 26.6. The maximum atomic E-state index is 12.6. The number of aromatic amines is 1. The molecule has 1 amide bonds. The fraction of sp³-hybridized carbons (Fsp3) is 0.333. The summed E-state index contributed by atoms with van der Waals surface area (Å²) in [6.07, 6.45) is 2.17. The van der Waals surface area contributed by atoms with Crippen molar-refractivity contribution in [3.8, 4) is 0 Å². The van der Waals surface area contributed by atoms with Gasteiger partial charge in [-0.25, -0.2) is 13.4 Å². The van der Waals surface area contributed by atoms with Crippen LogP contribution in [0, 0.1) is 0 Å². The Morgan fingerprint density at radius 3 is 3.10 bits per heavy atom. The highest BCUT2D eigenvalue weighted by molar-refractivity contribution is 7.89. The number of rotatable bonds is 3. The number of aromatic nitrogens is 2. The summed E-state index contributed by atoms with van der Waals surface area (Å²) in [6, 6.07) is 1.42. The molecule has 1 aliphatic heterocycles. The van der Waals surface area contributed by atoms with E-state index in [2.05, 4.69) is 15.3 Å². The highest BCUT2D eigenvalue weighted by Gasteiger charge is 2.30. The average molecular weight is 326 g/mol. The van der Waals surface area contributed by atoms with Crippen LogP contribution in [-0.2, 0) is 23.0 Å². The van der Waals surface area contributed by atoms with Crippen molar-refractivity contribution in [3.63, 3.8) is 0 Å². The van der Waals surface area contributed by atoms with E-state index in [1.54, 1.807) is 6.33 Å². The quantitative estimate of drug-likeness (QED) is 0.862. The van der Waals surface area contributed by atoms with Crippen LogP contribution in [0.2, 0.25) is 0 Å². The maximum Gasteiger partial charge on any atom is 0.261 e. The molecular weight excluding hydrogens is 312 g/mol. The molecule has 0 saturated carbocycles. The summed E-state index contributed by atoms with van der Waals surface area (Å²) in [4.78, 5) is 19.2. The highest BCUT2D eigenvalue weighted by Crippen LogP contribution is 2.26. The first kappa shape index (κ1) is 14.2. The molecule has 2 aromatic heterocycles. The second-order valence-electron chi connectivity index (χ2n) is 4.64. The first-order valence-corrected chi connectivity index (χ1v) is 8.66. The number of amides is 1. The maximum absolute atomic E-state index is 12.6. The van der Waals surface area contributed by atoms with Gasteiger partial charge >= 0.3 is 0 Å². The lowest BCUT2D eigenvalue weighted by Crippen LogP contribution is -2.35. The van der Waals surface area contributed by atoms with Gasteiger partial charge in [0.05, 0.1) is 34.0 Å². The minimum absolute atomic E-state index is 0.161. The summed E-state index contributed by atoms with van der Waals surface area (Å²) in [6.45, 7) is 0.675. The Labute approximate surface area is 126 Å². The van der Waals surface area contributed by atoms with Crippen molar-refractivity contribution in [2.24, 2.45) is 0 Å². The average Bonchev–Trinajstić information content (AvgIpc) is 3.14. The van der Waals surface area contributed by atoms with Crippen LogP contribution >= 0.6 is 11.3 Å². The minimum atomic E-state index is -3.59. The largest absolute Gasteiger partial charge is 0.354 e. The lowest BCUT2D eigenvalue weighted by Gasteiger charge is -2.24. The Kier molecular flexibility index (Phi) is 3.56. The van der Waals surface area contributed by atoms with Crippen LogP contribution in [0.15, 0.2) is 22.7 Å². The summed E-state index contributed by atoms with van der Waals surface area (Å²) in [7, 11) is -2.07. The molecule has 3 heterocycles. The van der Waals surface area contributed by atoms with Gasteiger partial charge in [0, 0.05) is 25.4 Å². The number of hydrogen-bond acceptors (Lipinski definition) is 5. The molecule has 0 aliphatic carbocycles. The molecule has 0 spiro atoms. The van der Waals surface area contributed by atoms with Crippen LogP contribution in [0.3, 0.4) is 0 Å². The Hall–Kier alpha value is -1.71. The van der Waals surface area contributed by atoms with Crippen molar-refractivity contribution in [2.45, 2.75) is 17.9 Å². The number of hydrogen-bond donors (Lipinski definition) is 2. The second-order valence-corrected chi connectivity index (χ2v) is 7.49. The standard InChI is InChI=1S/C12H14N4O3S2/c1-13-12(17)11-4-8(6-20-11)21(18,19)16-3-2-9-10(5-16)15-7-14-9/h4,6-7H,2-3,5H2,1H3,(H,13,17)(H,14,15). The molecule has 7 nitrogen and oxygen atoms in total. The van der Waals surface area contributed by atoms with Crippen LogP contribution in [0.1, 0.15) is 21.1 Å². The predicted molar refractivity (Wildman–Crippen MR) is 77.6 cm³/mol. The van der Waals surface area contributed by atoms with Gasteiger partial charge < -0.3 is 10.3 Å². The molecule has 0 atom stereocenters. The number of nitrogens with one attached hydrogen (secondary N) is 2. The number of thiophene rings is 1. The third-order valence-corrected chi connectivity index (χ3v) is 6.31. The van der Waals surface area contributed by atoms with Crippen molar-refractivity contribution >= 4 is 27.3 Å². The van der Waals surface area contributed by atoms with E-state index in [0.29, 0.717) is 17.8 Å². The third kappa shape index (κ3) is 2.47. The highest BCUT2D eigenvalue weighted by atomic mass is 32.2. The van der Waals surface area contributed by atoms with Crippen LogP contribution in [-0.4, -0.2) is 42.2 Å². The number of nitrogens with zero attached hydrogens (tertiary/aromatic N) is 2. The molecule has 0 unspecified atom stereocenters. The van der Waals surface area contributed by atoms with Crippen molar-refractivity contribution in [3.05, 3.63) is 34.0 Å². The van der Waals surface area contributed by atoms with E-state index in [1.165, 1.54) is 22.8 Å². The van der Waals surface area contributed by atoms with Gasteiger partial charge in [-0.05, 0) is 6.07 Å². The molecule has 112 valence electrons. The topological polar surface area (TPSA) is 95.2 Å². The molecule has 21 heavy (non-hydrogen) atoms. The van der Waals surface area contributed by atoms with Crippen LogP contribution in [0.4, 0.5) is 0 Å². The van der Waals surface area contributed by atoms with Crippen molar-refractivity contribution in [1.82, 2.24) is 19.6 Å². The smallest absolute Gasteiger partial charge is 0.261 e. The number of fused-ring (bicyclic) bond motifs is 1. The summed E-state index contributed by atoms with van der Waals surface area (Å²) in [5, 5.41) is 3.99. The molecular formula is C12H14N4O3S2. The fourth-order valence-electron chi connectivity index (χ4n) is 2.24. The number of imidazole rings is 1. The molecule has 2 N–H and O–H groups in total. The zero-order valence-corrected chi connectivity index (χ0v) is 12.9. The van der Waals surface area contributed by atoms with Crippen molar-refractivity contribution in [1.29, 1.82) is 0 Å². The number of sulfonamides is 1. The van der Waals surface area contributed by atoms with Gasteiger partial charge in [0.15, 0.2) is 0 Å². The fourth-order valence-corrected chi connectivity index (χ4v) is 4.85. The SMILES string of the molecule is CNC(=O)c1cc(S(=O)(=O)N2CCc3nc[nH]c3C2)cs1. The minimum Gasteiger partial charge on any atom is -0.354 e. The van der Waals surface area contributed by atoms with Gasteiger partial charge in [-0.15, -0.1) is 11.3 Å². The Bertz CT molecular complexity index is 778. The lowest BCUT2D eigenvalue weighted by atomic mass is 10.2. The van der Waals surface area contributed by atoms with E-state index in [9.17, 15) is 13.2 Å². The van der Waals surface area contributed by atoms with Crippen molar-refractivity contribution in [2.75, 3.05) is 13.6 Å². The molecule has 3 rings (SSSR count). The van der Waals surface area contributed by atoms with Gasteiger partial charge in [0.2, 0.25) is 10.0 Å². The molecule has 0 radical (unpaired) electrons. The molecule has 0 aromatic carbocycles. The van der Waals surface area contributed by atoms with Crippen LogP contribution < -0.4 is 5.32 Å². The van der Waals surface area contributed by atoms with Crippen molar-refractivity contribution < 1.29 is 13.2 Å². The lowest BCUT2D eigenvalue weighted by molar-refractivity contribution is 0.0967. The molecule has 9 heteroatoms. The summed E-state index contributed by atoms with van der Waals surface area (Å²) in [5.41, 5.74) is 1.74. The number of carbonyl (C=O) groups is 1. The normalized spacial score (nSPS) is 15.7. The number of carbonyl (C=O) groups excluding carboxylic acids is 1. The molecule has 0 bridgehead atoms.